The van der Waals surface area contributed by atoms with Gasteiger partial charge in [0, 0.05) is 18.7 Å². The van der Waals surface area contributed by atoms with Crippen molar-refractivity contribution in [3.8, 4) is 5.69 Å². The van der Waals surface area contributed by atoms with E-state index in [1.807, 2.05) is 0 Å². The molecule has 8 nitrogen and oxygen atoms in total. The first-order valence-corrected chi connectivity index (χ1v) is 6.95. The summed E-state index contributed by atoms with van der Waals surface area (Å²) in [6.07, 6.45) is 4.72. The molecule has 0 radical (unpaired) electrons. The van der Waals surface area contributed by atoms with Crippen LogP contribution in [-0.4, -0.2) is 37.7 Å². The van der Waals surface area contributed by atoms with Gasteiger partial charge in [0.1, 0.15) is 12.0 Å². The quantitative estimate of drug-likeness (QED) is 0.633. The Labute approximate surface area is 121 Å². The molecule has 0 spiro atoms. The SMILES string of the molecule is C[C@@H]1CCCCN1c1ccc(-n2cnnn2)cc1[N+](=O)[O-]. The van der Waals surface area contributed by atoms with Gasteiger partial charge in [-0.1, -0.05) is 0 Å². The smallest absolute Gasteiger partial charge is 0.294 e. The largest absolute Gasteiger partial charge is 0.363 e. The Morgan fingerprint density at radius 1 is 1.38 bits per heavy atom. The van der Waals surface area contributed by atoms with Crippen LogP contribution in [-0.2, 0) is 0 Å². The van der Waals surface area contributed by atoms with Crippen molar-refractivity contribution < 1.29 is 4.92 Å². The average molecular weight is 288 g/mol. The fourth-order valence-corrected chi connectivity index (χ4v) is 2.78. The molecule has 0 aliphatic carbocycles. The van der Waals surface area contributed by atoms with E-state index in [4.69, 9.17) is 0 Å². The number of anilines is 1. The van der Waals surface area contributed by atoms with E-state index in [0.29, 0.717) is 17.4 Å². The lowest BCUT2D eigenvalue weighted by atomic mass is 10.0. The van der Waals surface area contributed by atoms with Crippen LogP contribution in [0.2, 0.25) is 0 Å². The predicted octanol–water partition coefficient (Wildman–Crippen LogP) is 1.95. The highest BCUT2D eigenvalue weighted by Crippen LogP contribution is 2.34. The Morgan fingerprint density at radius 2 is 2.24 bits per heavy atom. The minimum absolute atomic E-state index is 0.0942. The number of rotatable bonds is 3. The van der Waals surface area contributed by atoms with Gasteiger partial charge >= 0.3 is 0 Å². The predicted molar refractivity (Wildman–Crippen MR) is 76.5 cm³/mol. The summed E-state index contributed by atoms with van der Waals surface area (Å²) in [6.45, 7) is 2.96. The maximum absolute atomic E-state index is 11.4. The highest BCUT2D eigenvalue weighted by Gasteiger charge is 2.26. The number of nitro benzene ring substituents is 1. The van der Waals surface area contributed by atoms with Gasteiger partial charge in [0.05, 0.1) is 10.6 Å². The Balaban J connectivity index is 2.02. The first-order valence-electron chi connectivity index (χ1n) is 6.95. The number of tetrazole rings is 1. The zero-order valence-electron chi connectivity index (χ0n) is 11.7. The van der Waals surface area contributed by atoms with Crippen molar-refractivity contribution in [2.24, 2.45) is 0 Å². The monoisotopic (exact) mass is 288 g/mol. The van der Waals surface area contributed by atoms with Gasteiger partial charge in [0.25, 0.3) is 5.69 Å². The third-order valence-corrected chi connectivity index (χ3v) is 3.88. The van der Waals surface area contributed by atoms with Crippen LogP contribution >= 0.6 is 0 Å². The number of aromatic nitrogens is 4. The molecular formula is C13H16N6O2. The van der Waals surface area contributed by atoms with Gasteiger partial charge in [-0.3, -0.25) is 10.1 Å². The van der Waals surface area contributed by atoms with Crippen molar-refractivity contribution in [3.05, 3.63) is 34.6 Å². The Hall–Kier alpha value is -2.51. The molecule has 21 heavy (non-hydrogen) atoms. The molecule has 0 bridgehead atoms. The second-order valence-corrected chi connectivity index (χ2v) is 5.22. The molecule has 1 atom stereocenters. The number of nitrogens with zero attached hydrogens (tertiary/aromatic N) is 6. The van der Waals surface area contributed by atoms with Crippen molar-refractivity contribution in [1.29, 1.82) is 0 Å². The van der Waals surface area contributed by atoms with E-state index in [0.717, 1.165) is 19.4 Å². The third kappa shape index (κ3) is 2.56. The summed E-state index contributed by atoms with van der Waals surface area (Å²) >= 11 is 0. The van der Waals surface area contributed by atoms with Crippen molar-refractivity contribution in [2.75, 3.05) is 11.4 Å². The average Bonchev–Trinajstić information content (AvgIpc) is 3.01. The minimum Gasteiger partial charge on any atom is -0.363 e. The van der Waals surface area contributed by atoms with Crippen LogP contribution in [0.4, 0.5) is 11.4 Å². The number of hydrogen-bond acceptors (Lipinski definition) is 6. The second-order valence-electron chi connectivity index (χ2n) is 5.22. The van der Waals surface area contributed by atoms with Gasteiger partial charge in [-0.2, -0.15) is 0 Å². The normalized spacial score (nSPS) is 18.7. The van der Waals surface area contributed by atoms with Gasteiger partial charge < -0.3 is 4.90 Å². The number of hydrogen-bond donors (Lipinski definition) is 0. The van der Waals surface area contributed by atoms with Gasteiger partial charge in [0.15, 0.2) is 0 Å². The van der Waals surface area contributed by atoms with Gasteiger partial charge in [-0.25, -0.2) is 4.68 Å². The lowest BCUT2D eigenvalue weighted by Crippen LogP contribution is -2.37. The molecule has 0 unspecified atom stereocenters. The molecule has 1 aliphatic rings. The van der Waals surface area contributed by atoms with Crippen molar-refractivity contribution in [3.63, 3.8) is 0 Å². The van der Waals surface area contributed by atoms with Crippen LogP contribution in [0.5, 0.6) is 0 Å². The topological polar surface area (TPSA) is 90.0 Å². The summed E-state index contributed by atoms with van der Waals surface area (Å²) in [4.78, 5) is 13.2. The van der Waals surface area contributed by atoms with E-state index in [9.17, 15) is 10.1 Å². The zero-order chi connectivity index (χ0) is 14.8. The van der Waals surface area contributed by atoms with Crippen LogP contribution in [0.15, 0.2) is 24.5 Å². The van der Waals surface area contributed by atoms with Crippen molar-refractivity contribution in [2.45, 2.75) is 32.2 Å². The molecule has 1 fully saturated rings. The Bertz CT molecular complexity index is 642. The molecule has 1 saturated heterocycles. The van der Waals surface area contributed by atoms with Gasteiger partial charge in [0.2, 0.25) is 0 Å². The van der Waals surface area contributed by atoms with Crippen LogP contribution in [0.3, 0.4) is 0 Å². The maximum atomic E-state index is 11.4. The Morgan fingerprint density at radius 3 is 2.90 bits per heavy atom. The molecule has 0 N–H and O–H groups in total. The van der Waals surface area contributed by atoms with E-state index in [1.54, 1.807) is 12.1 Å². The number of benzene rings is 1. The standard InChI is InChI=1S/C13H16N6O2/c1-10-4-2-3-7-17(10)12-6-5-11(8-13(12)19(20)21)18-9-14-15-16-18/h5-6,8-10H,2-4,7H2,1H3/t10-/m1/s1. The first kappa shape index (κ1) is 13.5. The maximum Gasteiger partial charge on any atom is 0.294 e. The molecule has 1 aromatic carbocycles. The minimum atomic E-state index is -0.343. The summed E-state index contributed by atoms with van der Waals surface area (Å²) in [5.41, 5.74) is 1.35. The molecule has 0 saturated carbocycles. The van der Waals surface area contributed by atoms with E-state index in [1.165, 1.54) is 23.5 Å². The van der Waals surface area contributed by atoms with Crippen LogP contribution in [0.1, 0.15) is 26.2 Å². The van der Waals surface area contributed by atoms with Gasteiger partial charge in [-0.05, 0) is 48.7 Å². The lowest BCUT2D eigenvalue weighted by Gasteiger charge is -2.35. The summed E-state index contributed by atoms with van der Waals surface area (Å²) in [5.74, 6) is 0. The molecule has 1 aromatic heterocycles. The van der Waals surface area contributed by atoms with Crippen LogP contribution in [0, 0.1) is 10.1 Å². The summed E-state index contributed by atoms with van der Waals surface area (Å²) < 4.78 is 1.41. The Kier molecular flexibility index (Phi) is 3.51. The van der Waals surface area contributed by atoms with E-state index >= 15 is 0 Å². The molecule has 2 aromatic rings. The highest BCUT2D eigenvalue weighted by molar-refractivity contribution is 5.67. The molecule has 8 heteroatoms. The van der Waals surface area contributed by atoms with Crippen LogP contribution < -0.4 is 4.90 Å². The molecule has 1 aliphatic heterocycles. The molecular weight excluding hydrogens is 272 g/mol. The van der Waals surface area contributed by atoms with Gasteiger partial charge in [-0.15, -0.1) is 5.10 Å². The second kappa shape index (κ2) is 5.47. The van der Waals surface area contributed by atoms with E-state index < -0.39 is 0 Å². The highest BCUT2D eigenvalue weighted by atomic mass is 16.6. The zero-order valence-corrected chi connectivity index (χ0v) is 11.7. The lowest BCUT2D eigenvalue weighted by molar-refractivity contribution is -0.384. The number of piperidine rings is 1. The molecule has 0 amide bonds. The van der Waals surface area contributed by atoms with Crippen molar-refractivity contribution in [1.82, 2.24) is 20.2 Å². The van der Waals surface area contributed by atoms with Crippen LogP contribution in [0.25, 0.3) is 5.69 Å². The summed E-state index contributed by atoms with van der Waals surface area (Å²) in [7, 11) is 0. The summed E-state index contributed by atoms with van der Waals surface area (Å²) in [5, 5.41) is 22.3. The molecule has 3 rings (SSSR count). The molecule has 110 valence electrons. The van der Waals surface area contributed by atoms with E-state index in [-0.39, 0.29) is 10.6 Å². The fraction of sp³-hybridized carbons (Fsp3) is 0.462. The fourth-order valence-electron chi connectivity index (χ4n) is 2.78. The first-order chi connectivity index (χ1) is 10.2. The number of nitro groups is 1. The third-order valence-electron chi connectivity index (χ3n) is 3.88. The molecule has 2 heterocycles. The summed E-state index contributed by atoms with van der Waals surface area (Å²) in [6, 6.07) is 5.43. The van der Waals surface area contributed by atoms with Crippen molar-refractivity contribution >= 4 is 11.4 Å². The van der Waals surface area contributed by atoms with E-state index in [2.05, 4.69) is 27.3 Å².